The molecule has 2 aromatic carbocycles. The summed E-state index contributed by atoms with van der Waals surface area (Å²) in [7, 11) is 0. The van der Waals surface area contributed by atoms with Crippen molar-refractivity contribution in [3.8, 4) is 5.75 Å². The maximum Gasteiger partial charge on any atom is 0.119 e. The van der Waals surface area contributed by atoms with Crippen molar-refractivity contribution in [2.24, 2.45) is 0 Å². The highest BCUT2D eigenvalue weighted by Gasteiger charge is 2.06. The van der Waals surface area contributed by atoms with Crippen LogP contribution < -0.4 is 10.1 Å². The van der Waals surface area contributed by atoms with E-state index in [9.17, 15) is 5.11 Å². The lowest BCUT2D eigenvalue weighted by Crippen LogP contribution is -2.04. The third-order valence-electron chi connectivity index (χ3n) is 3.10. The van der Waals surface area contributed by atoms with Gasteiger partial charge in [-0.3, -0.25) is 0 Å². The molecule has 0 aliphatic rings. The third-order valence-corrected chi connectivity index (χ3v) is 3.10. The van der Waals surface area contributed by atoms with E-state index in [0.717, 1.165) is 22.6 Å². The molecule has 0 spiro atoms. The van der Waals surface area contributed by atoms with Crippen molar-refractivity contribution in [3.05, 3.63) is 59.7 Å². The summed E-state index contributed by atoms with van der Waals surface area (Å²) in [6.07, 6.45) is -0.478. The second-order valence-corrected chi connectivity index (χ2v) is 4.70. The van der Waals surface area contributed by atoms with Crippen molar-refractivity contribution >= 4 is 5.69 Å². The van der Waals surface area contributed by atoms with Gasteiger partial charge in [-0.1, -0.05) is 30.3 Å². The number of hydrogen-bond acceptors (Lipinski definition) is 3. The molecule has 106 valence electrons. The van der Waals surface area contributed by atoms with E-state index in [1.807, 2.05) is 49.4 Å². The number of anilines is 1. The zero-order valence-electron chi connectivity index (χ0n) is 12.0. The van der Waals surface area contributed by atoms with Crippen molar-refractivity contribution in [1.29, 1.82) is 0 Å². The van der Waals surface area contributed by atoms with Crippen molar-refractivity contribution in [1.82, 2.24) is 0 Å². The minimum atomic E-state index is -0.478. The molecule has 1 atom stereocenters. The average molecular weight is 271 g/mol. The van der Waals surface area contributed by atoms with Gasteiger partial charge in [-0.2, -0.15) is 0 Å². The standard InChI is InChI=1S/C17H21NO2/c1-3-20-15-8-6-7-14(11-15)12-18-17-10-5-4-9-16(17)13(2)19/h4-11,13,18-19H,3,12H2,1-2H3. The predicted octanol–water partition coefficient (Wildman–Crippen LogP) is 3.75. The quantitative estimate of drug-likeness (QED) is 0.840. The Balaban J connectivity index is 2.07. The largest absolute Gasteiger partial charge is 0.494 e. The summed E-state index contributed by atoms with van der Waals surface area (Å²) in [5.74, 6) is 0.885. The first-order valence-corrected chi connectivity index (χ1v) is 6.93. The molecule has 0 amide bonds. The van der Waals surface area contributed by atoms with Crippen LogP contribution in [0.5, 0.6) is 5.75 Å². The lowest BCUT2D eigenvalue weighted by atomic mass is 10.1. The van der Waals surface area contributed by atoms with Gasteiger partial charge in [0.25, 0.3) is 0 Å². The highest BCUT2D eigenvalue weighted by atomic mass is 16.5. The lowest BCUT2D eigenvalue weighted by Gasteiger charge is -2.14. The Morgan fingerprint density at radius 2 is 1.95 bits per heavy atom. The van der Waals surface area contributed by atoms with Gasteiger partial charge in [0.2, 0.25) is 0 Å². The minimum absolute atomic E-state index is 0.478. The monoisotopic (exact) mass is 271 g/mol. The van der Waals surface area contributed by atoms with E-state index in [1.54, 1.807) is 6.92 Å². The first kappa shape index (κ1) is 14.4. The number of para-hydroxylation sites is 1. The van der Waals surface area contributed by atoms with Crippen LogP contribution in [-0.4, -0.2) is 11.7 Å². The fraction of sp³-hybridized carbons (Fsp3) is 0.294. The fourth-order valence-corrected chi connectivity index (χ4v) is 2.13. The summed E-state index contributed by atoms with van der Waals surface area (Å²) in [6, 6.07) is 15.8. The van der Waals surface area contributed by atoms with Crippen LogP contribution in [0.2, 0.25) is 0 Å². The molecule has 0 aliphatic heterocycles. The van der Waals surface area contributed by atoms with Crippen LogP contribution in [0, 0.1) is 0 Å². The van der Waals surface area contributed by atoms with Gasteiger partial charge in [0, 0.05) is 17.8 Å². The molecule has 0 saturated carbocycles. The number of hydrogen-bond donors (Lipinski definition) is 2. The van der Waals surface area contributed by atoms with Crippen LogP contribution in [0.1, 0.15) is 31.1 Å². The van der Waals surface area contributed by atoms with Crippen molar-refractivity contribution in [2.75, 3.05) is 11.9 Å². The Kier molecular flexibility index (Phi) is 5.02. The molecule has 0 aliphatic carbocycles. The predicted molar refractivity (Wildman–Crippen MR) is 82.0 cm³/mol. The van der Waals surface area contributed by atoms with Gasteiger partial charge < -0.3 is 15.2 Å². The molecule has 0 radical (unpaired) electrons. The molecule has 0 fully saturated rings. The van der Waals surface area contributed by atoms with Crippen LogP contribution in [0.25, 0.3) is 0 Å². The number of aliphatic hydroxyl groups is 1. The Hall–Kier alpha value is -2.00. The average Bonchev–Trinajstić information content (AvgIpc) is 2.46. The summed E-state index contributed by atoms with van der Waals surface area (Å²) in [6.45, 7) is 5.12. The van der Waals surface area contributed by atoms with E-state index in [-0.39, 0.29) is 0 Å². The minimum Gasteiger partial charge on any atom is -0.494 e. The molecule has 0 saturated heterocycles. The Labute approximate surface area is 120 Å². The van der Waals surface area contributed by atoms with Gasteiger partial charge in [0.15, 0.2) is 0 Å². The normalized spacial score (nSPS) is 11.9. The molecule has 0 aromatic heterocycles. The van der Waals surface area contributed by atoms with Gasteiger partial charge in [-0.25, -0.2) is 0 Å². The summed E-state index contributed by atoms with van der Waals surface area (Å²) in [4.78, 5) is 0. The molecule has 1 unspecified atom stereocenters. The van der Waals surface area contributed by atoms with E-state index in [4.69, 9.17) is 4.74 Å². The molecule has 2 aromatic rings. The Bertz CT molecular complexity index is 552. The van der Waals surface area contributed by atoms with Crippen LogP contribution in [-0.2, 0) is 6.54 Å². The number of nitrogens with one attached hydrogen (secondary N) is 1. The zero-order chi connectivity index (χ0) is 14.4. The number of aliphatic hydroxyl groups excluding tert-OH is 1. The molecular formula is C17H21NO2. The van der Waals surface area contributed by atoms with Crippen LogP contribution in [0.15, 0.2) is 48.5 Å². The van der Waals surface area contributed by atoms with Crippen molar-refractivity contribution in [2.45, 2.75) is 26.5 Å². The highest BCUT2D eigenvalue weighted by molar-refractivity contribution is 5.52. The third kappa shape index (κ3) is 3.75. The second-order valence-electron chi connectivity index (χ2n) is 4.70. The lowest BCUT2D eigenvalue weighted by molar-refractivity contribution is 0.200. The maximum absolute atomic E-state index is 9.76. The first-order chi connectivity index (χ1) is 9.70. The summed E-state index contributed by atoms with van der Waals surface area (Å²) >= 11 is 0. The highest BCUT2D eigenvalue weighted by Crippen LogP contribution is 2.23. The summed E-state index contributed by atoms with van der Waals surface area (Å²) in [5, 5.41) is 13.1. The van der Waals surface area contributed by atoms with Gasteiger partial charge in [-0.05, 0) is 37.6 Å². The van der Waals surface area contributed by atoms with Gasteiger partial charge in [0.05, 0.1) is 12.7 Å². The molecule has 0 bridgehead atoms. The molecular weight excluding hydrogens is 250 g/mol. The smallest absolute Gasteiger partial charge is 0.119 e. The van der Waals surface area contributed by atoms with E-state index < -0.39 is 6.10 Å². The molecule has 2 N–H and O–H groups in total. The van der Waals surface area contributed by atoms with Gasteiger partial charge >= 0.3 is 0 Å². The summed E-state index contributed by atoms with van der Waals surface area (Å²) < 4.78 is 5.49. The topological polar surface area (TPSA) is 41.5 Å². The SMILES string of the molecule is CCOc1cccc(CNc2ccccc2C(C)O)c1. The Morgan fingerprint density at radius 3 is 2.70 bits per heavy atom. The van der Waals surface area contributed by atoms with E-state index in [2.05, 4.69) is 11.4 Å². The molecule has 0 heterocycles. The zero-order valence-corrected chi connectivity index (χ0v) is 12.0. The van der Waals surface area contributed by atoms with Gasteiger partial charge in [0.1, 0.15) is 5.75 Å². The van der Waals surface area contributed by atoms with E-state index >= 15 is 0 Å². The molecule has 20 heavy (non-hydrogen) atoms. The van der Waals surface area contributed by atoms with Crippen LogP contribution >= 0.6 is 0 Å². The second kappa shape index (κ2) is 6.96. The van der Waals surface area contributed by atoms with Crippen molar-refractivity contribution < 1.29 is 9.84 Å². The van der Waals surface area contributed by atoms with E-state index in [0.29, 0.717) is 13.2 Å². The first-order valence-electron chi connectivity index (χ1n) is 6.93. The van der Waals surface area contributed by atoms with E-state index in [1.165, 1.54) is 0 Å². The van der Waals surface area contributed by atoms with Gasteiger partial charge in [-0.15, -0.1) is 0 Å². The maximum atomic E-state index is 9.76. The molecule has 3 heteroatoms. The Morgan fingerprint density at radius 1 is 1.15 bits per heavy atom. The van der Waals surface area contributed by atoms with Crippen molar-refractivity contribution in [3.63, 3.8) is 0 Å². The summed E-state index contributed by atoms with van der Waals surface area (Å²) in [5.41, 5.74) is 3.02. The van der Waals surface area contributed by atoms with Crippen LogP contribution in [0.4, 0.5) is 5.69 Å². The molecule has 2 rings (SSSR count). The fourth-order valence-electron chi connectivity index (χ4n) is 2.13. The molecule has 3 nitrogen and oxygen atoms in total. The number of ether oxygens (including phenoxy) is 1. The number of benzene rings is 2. The number of rotatable bonds is 6. The van der Waals surface area contributed by atoms with Crippen LogP contribution in [0.3, 0.4) is 0 Å².